The van der Waals surface area contributed by atoms with Crippen molar-refractivity contribution in [2.24, 2.45) is 0 Å². The average molecular weight is 353 g/mol. The van der Waals surface area contributed by atoms with Crippen LogP contribution in [-0.4, -0.2) is 0 Å². The number of aromatic nitrogens is 1. The van der Waals surface area contributed by atoms with Crippen molar-refractivity contribution in [3.05, 3.63) is 96.1 Å². The van der Waals surface area contributed by atoms with Gasteiger partial charge in [-0.2, -0.15) is 0 Å². The van der Waals surface area contributed by atoms with Crippen LogP contribution in [-0.2, 0) is 0 Å². The third kappa shape index (κ3) is 3.08. The Hall–Kier alpha value is -2.72. The maximum absolute atomic E-state index is 5.15. The van der Waals surface area contributed by atoms with Crippen LogP contribution in [0, 0.1) is 13.8 Å². The molecule has 5 aromatic rings. The molecule has 0 aliphatic heterocycles. The summed E-state index contributed by atoms with van der Waals surface area (Å²) < 4.78 is 0. The summed E-state index contributed by atoms with van der Waals surface area (Å²) in [5.74, 6) is 0. The van der Waals surface area contributed by atoms with Gasteiger partial charge in [-0.3, -0.25) is 0 Å². The molecule has 1 aromatic heterocycles. The Morgan fingerprint density at radius 1 is 0.536 bits per heavy atom. The molecule has 0 aliphatic rings. The molecule has 0 saturated carbocycles. The van der Waals surface area contributed by atoms with E-state index >= 15 is 0 Å². The minimum atomic E-state index is 0. The van der Waals surface area contributed by atoms with E-state index in [1.807, 2.05) is 0 Å². The van der Waals surface area contributed by atoms with E-state index in [0.717, 1.165) is 11.0 Å². The van der Waals surface area contributed by atoms with Crippen LogP contribution in [0.5, 0.6) is 0 Å². The van der Waals surface area contributed by atoms with Gasteiger partial charge in [0.15, 0.2) is 0 Å². The third-order valence-corrected chi connectivity index (χ3v) is 5.19. The van der Waals surface area contributed by atoms with E-state index in [-0.39, 0.29) is 18.9 Å². The molecule has 4 aromatic carbocycles. The molecule has 0 spiro atoms. The summed E-state index contributed by atoms with van der Waals surface area (Å²) in [5, 5.41) is 2.48. The Kier molecular flexibility index (Phi) is 4.90. The number of hydrogen-bond acceptors (Lipinski definition) is 0. The van der Waals surface area contributed by atoms with E-state index in [1.165, 1.54) is 44.2 Å². The normalized spacial score (nSPS) is 10.9. The SMILES string of the molecule is Cc1cc(-c2ccccc2)c2[n-]c3c(-c4ccccc4)cc(C)cc3c2c1.[Li+]. The molecule has 0 N–H and O–H groups in total. The van der Waals surface area contributed by atoms with Gasteiger partial charge in [-0.15, -0.1) is 11.0 Å². The van der Waals surface area contributed by atoms with E-state index in [4.69, 9.17) is 4.98 Å². The molecule has 2 heteroatoms. The van der Waals surface area contributed by atoms with Gasteiger partial charge in [0.2, 0.25) is 0 Å². The maximum Gasteiger partial charge on any atom is 1.00 e. The number of benzene rings is 4. The number of nitrogens with zero attached hydrogens (tertiary/aromatic N) is 1. The van der Waals surface area contributed by atoms with Gasteiger partial charge >= 0.3 is 18.9 Å². The largest absolute Gasteiger partial charge is 1.00 e. The second kappa shape index (κ2) is 7.36. The molecule has 1 heterocycles. The zero-order valence-corrected chi connectivity index (χ0v) is 16.5. The van der Waals surface area contributed by atoms with Crippen LogP contribution in [0.25, 0.3) is 44.1 Å². The standard InChI is InChI=1S/C26H20N.Li/c1-17-13-21(19-9-5-3-6-10-19)25-23(15-17)24-16-18(2)14-22(26(24)27-25)20-11-7-4-8-12-20;/h3-16H,1-2H3;/q-1;+1. The van der Waals surface area contributed by atoms with Crippen molar-refractivity contribution < 1.29 is 18.9 Å². The Morgan fingerprint density at radius 3 is 1.32 bits per heavy atom. The summed E-state index contributed by atoms with van der Waals surface area (Å²) in [6.07, 6.45) is 0. The van der Waals surface area contributed by atoms with E-state index in [1.54, 1.807) is 0 Å². The van der Waals surface area contributed by atoms with Crippen LogP contribution in [0.4, 0.5) is 0 Å². The average Bonchev–Trinajstić information content (AvgIpc) is 3.06. The monoisotopic (exact) mass is 353 g/mol. The van der Waals surface area contributed by atoms with Crippen molar-refractivity contribution in [2.75, 3.05) is 0 Å². The van der Waals surface area contributed by atoms with Crippen molar-refractivity contribution in [3.63, 3.8) is 0 Å². The Balaban J connectivity index is 0.00000192. The fourth-order valence-electron chi connectivity index (χ4n) is 4.00. The zero-order chi connectivity index (χ0) is 18.4. The van der Waals surface area contributed by atoms with Crippen molar-refractivity contribution in [3.8, 4) is 22.3 Å². The Bertz CT molecular complexity index is 1170. The number of rotatable bonds is 2. The molecule has 5 rings (SSSR count). The fourth-order valence-corrected chi connectivity index (χ4v) is 4.00. The van der Waals surface area contributed by atoms with Gasteiger partial charge in [-0.05, 0) is 58.0 Å². The van der Waals surface area contributed by atoms with Crippen molar-refractivity contribution in [1.82, 2.24) is 4.98 Å². The van der Waals surface area contributed by atoms with Crippen LogP contribution >= 0.6 is 0 Å². The predicted molar refractivity (Wildman–Crippen MR) is 115 cm³/mol. The number of hydrogen-bond donors (Lipinski definition) is 0. The van der Waals surface area contributed by atoms with E-state index in [0.29, 0.717) is 0 Å². The summed E-state index contributed by atoms with van der Waals surface area (Å²) in [6.45, 7) is 4.33. The first kappa shape index (κ1) is 18.6. The molecule has 0 aliphatic carbocycles. The van der Waals surface area contributed by atoms with Crippen molar-refractivity contribution >= 4 is 21.8 Å². The first-order valence-corrected chi connectivity index (χ1v) is 9.33. The van der Waals surface area contributed by atoms with Crippen molar-refractivity contribution in [2.45, 2.75) is 13.8 Å². The zero-order valence-electron chi connectivity index (χ0n) is 16.5. The topological polar surface area (TPSA) is 14.1 Å². The van der Waals surface area contributed by atoms with Crippen LogP contribution in [0.15, 0.2) is 84.9 Å². The first-order chi connectivity index (χ1) is 13.2. The second-order valence-corrected chi connectivity index (χ2v) is 7.26. The minimum Gasteiger partial charge on any atom is -0.656 e. The number of aryl methyl sites for hydroxylation is 2. The molecule has 0 bridgehead atoms. The van der Waals surface area contributed by atoms with Gasteiger partial charge in [0.05, 0.1) is 0 Å². The fraction of sp³-hybridized carbons (Fsp3) is 0.0769. The van der Waals surface area contributed by atoms with E-state index in [9.17, 15) is 0 Å². The number of fused-ring (bicyclic) bond motifs is 3. The molecule has 0 fully saturated rings. The molecule has 0 radical (unpaired) electrons. The Morgan fingerprint density at radius 2 is 0.929 bits per heavy atom. The molecule has 0 atom stereocenters. The van der Waals surface area contributed by atoms with Crippen LogP contribution in [0.3, 0.4) is 0 Å². The summed E-state index contributed by atoms with van der Waals surface area (Å²) in [7, 11) is 0. The maximum atomic E-state index is 5.15. The first-order valence-electron chi connectivity index (χ1n) is 9.33. The van der Waals surface area contributed by atoms with E-state index in [2.05, 4.69) is 98.8 Å². The van der Waals surface area contributed by atoms with Gasteiger partial charge in [-0.25, -0.2) is 0 Å². The van der Waals surface area contributed by atoms with Crippen LogP contribution in [0.2, 0.25) is 0 Å². The summed E-state index contributed by atoms with van der Waals surface area (Å²) in [4.78, 5) is 5.15. The molecule has 0 unspecified atom stereocenters. The van der Waals surface area contributed by atoms with Gasteiger partial charge in [0.1, 0.15) is 0 Å². The van der Waals surface area contributed by atoms with Crippen LogP contribution in [0.1, 0.15) is 11.1 Å². The van der Waals surface area contributed by atoms with E-state index < -0.39 is 0 Å². The summed E-state index contributed by atoms with van der Waals surface area (Å²) >= 11 is 0. The predicted octanol–water partition coefficient (Wildman–Crippen LogP) is 3.91. The molecule has 28 heavy (non-hydrogen) atoms. The molecule has 0 amide bonds. The van der Waals surface area contributed by atoms with Gasteiger partial charge < -0.3 is 4.98 Å². The summed E-state index contributed by atoms with van der Waals surface area (Å²) in [5.41, 5.74) is 9.54. The van der Waals surface area contributed by atoms with Gasteiger partial charge in [-0.1, -0.05) is 84.9 Å². The molecule has 1 nitrogen and oxygen atoms in total. The van der Waals surface area contributed by atoms with Crippen LogP contribution < -0.4 is 23.8 Å². The Labute approximate surface area is 177 Å². The summed E-state index contributed by atoms with van der Waals surface area (Å²) in [6, 6.07) is 30.2. The second-order valence-electron chi connectivity index (χ2n) is 7.26. The minimum absolute atomic E-state index is 0. The molecule has 0 saturated heterocycles. The molecular formula is C26H20LiN. The quantitative estimate of drug-likeness (QED) is 0.439. The smallest absolute Gasteiger partial charge is 0.656 e. The van der Waals surface area contributed by atoms with Gasteiger partial charge in [0.25, 0.3) is 0 Å². The third-order valence-electron chi connectivity index (χ3n) is 5.19. The molecule has 130 valence electrons. The van der Waals surface area contributed by atoms with Gasteiger partial charge in [0, 0.05) is 0 Å². The van der Waals surface area contributed by atoms with Crippen molar-refractivity contribution in [1.29, 1.82) is 0 Å². The molecular weight excluding hydrogens is 333 g/mol.